The SMILES string of the molecule is CCC=CC(=O)C=CCCCCC. The van der Waals surface area contributed by atoms with Gasteiger partial charge in [-0.2, -0.15) is 0 Å². The lowest BCUT2D eigenvalue weighted by Crippen LogP contribution is -1.84. The van der Waals surface area contributed by atoms with Gasteiger partial charge in [-0.3, -0.25) is 4.79 Å². The largest absolute Gasteiger partial charge is 0.290 e. The molecule has 0 bridgehead atoms. The summed E-state index contributed by atoms with van der Waals surface area (Å²) in [7, 11) is 0. The Labute approximate surface area is 81.5 Å². The lowest BCUT2D eigenvalue weighted by molar-refractivity contribution is -0.110. The molecule has 0 spiro atoms. The number of hydrogen-bond acceptors (Lipinski definition) is 1. The van der Waals surface area contributed by atoms with Crippen LogP contribution in [0.2, 0.25) is 0 Å². The normalized spacial score (nSPS) is 11.5. The molecule has 1 heteroatoms. The molecule has 0 aliphatic rings. The van der Waals surface area contributed by atoms with E-state index in [1.807, 2.05) is 19.1 Å². The predicted molar refractivity (Wildman–Crippen MR) is 57.7 cm³/mol. The fourth-order valence-corrected chi connectivity index (χ4v) is 1.00. The van der Waals surface area contributed by atoms with Crippen LogP contribution in [0, 0.1) is 0 Å². The Hall–Kier alpha value is -0.850. The van der Waals surface area contributed by atoms with Crippen LogP contribution in [0.3, 0.4) is 0 Å². The molecule has 0 rings (SSSR count). The van der Waals surface area contributed by atoms with Crippen LogP contribution in [-0.4, -0.2) is 5.78 Å². The average Bonchev–Trinajstić information content (AvgIpc) is 2.14. The van der Waals surface area contributed by atoms with Crippen molar-refractivity contribution in [3.63, 3.8) is 0 Å². The summed E-state index contributed by atoms with van der Waals surface area (Å²) in [6.45, 7) is 4.20. The summed E-state index contributed by atoms with van der Waals surface area (Å²) in [6, 6.07) is 0. The standard InChI is InChI=1S/C12H20O/c1-3-5-7-8-9-11-12(13)10-6-4-2/h6,9-11H,3-5,7-8H2,1-2H3. The fourth-order valence-electron chi connectivity index (χ4n) is 1.00. The average molecular weight is 180 g/mol. The van der Waals surface area contributed by atoms with Crippen molar-refractivity contribution in [2.45, 2.75) is 46.0 Å². The van der Waals surface area contributed by atoms with Gasteiger partial charge in [-0.05, 0) is 31.4 Å². The molecule has 0 aromatic rings. The maximum absolute atomic E-state index is 11.1. The molecular formula is C12H20O. The molecule has 1 nitrogen and oxygen atoms in total. The van der Waals surface area contributed by atoms with E-state index in [4.69, 9.17) is 0 Å². The molecule has 0 saturated heterocycles. The van der Waals surface area contributed by atoms with Gasteiger partial charge in [0.2, 0.25) is 0 Å². The van der Waals surface area contributed by atoms with Crippen molar-refractivity contribution in [2.24, 2.45) is 0 Å². The Balaban J connectivity index is 3.48. The summed E-state index contributed by atoms with van der Waals surface area (Å²) in [5.41, 5.74) is 0. The zero-order valence-electron chi connectivity index (χ0n) is 8.75. The van der Waals surface area contributed by atoms with E-state index in [-0.39, 0.29) is 5.78 Å². The van der Waals surface area contributed by atoms with E-state index < -0.39 is 0 Å². The highest BCUT2D eigenvalue weighted by Gasteiger charge is 1.86. The minimum atomic E-state index is 0.110. The minimum Gasteiger partial charge on any atom is -0.290 e. The van der Waals surface area contributed by atoms with E-state index in [0.29, 0.717) is 0 Å². The first kappa shape index (κ1) is 12.2. The molecule has 0 aromatic heterocycles. The third kappa shape index (κ3) is 9.06. The summed E-state index contributed by atoms with van der Waals surface area (Å²) in [4.78, 5) is 11.1. The number of allylic oxidation sites excluding steroid dienone is 4. The molecule has 0 N–H and O–H groups in total. The molecule has 0 aromatic carbocycles. The van der Waals surface area contributed by atoms with Crippen molar-refractivity contribution in [1.82, 2.24) is 0 Å². The highest BCUT2D eigenvalue weighted by atomic mass is 16.1. The number of rotatable bonds is 7. The van der Waals surface area contributed by atoms with E-state index in [9.17, 15) is 4.79 Å². The summed E-state index contributed by atoms with van der Waals surface area (Å²) >= 11 is 0. The zero-order chi connectivity index (χ0) is 9.94. The van der Waals surface area contributed by atoms with Gasteiger partial charge >= 0.3 is 0 Å². The van der Waals surface area contributed by atoms with Crippen LogP contribution in [0.25, 0.3) is 0 Å². The summed E-state index contributed by atoms with van der Waals surface area (Å²) in [5, 5.41) is 0. The van der Waals surface area contributed by atoms with Crippen molar-refractivity contribution in [1.29, 1.82) is 0 Å². The molecule has 0 unspecified atom stereocenters. The second-order valence-corrected chi connectivity index (χ2v) is 3.11. The summed E-state index contributed by atoms with van der Waals surface area (Å²) < 4.78 is 0. The molecule has 0 heterocycles. The molecule has 0 fully saturated rings. The van der Waals surface area contributed by atoms with Gasteiger partial charge in [0.15, 0.2) is 5.78 Å². The van der Waals surface area contributed by atoms with Crippen LogP contribution in [-0.2, 0) is 4.79 Å². The number of hydrogen-bond donors (Lipinski definition) is 0. The molecule has 0 atom stereocenters. The van der Waals surface area contributed by atoms with E-state index in [0.717, 1.165) is 12.8 Å². The number of ketones is 1. The van der Waals surface area contributed by atoms with Crippen LogP contribution in [0.15, 0.2) is 24.3 Å². The predicted octanol–water partition coefficient (Wildman–Crippen LogP) is 3.66. The fraction of sp³-hybridized carbons (Fsp3) is 0.583. The highest BCUT2D eigenvalue weighted by molar-refractivity contribution is 5.99. The number of unbranched alkanes of at least 4 members (excludes halogenated alkanes) is 3. The van der Waals surface area contributed by atoms with Crippen molar-refractivity contribution in [3.8, 4) is 0 Å². The van der Waals surface area contributed by atoms with Crippen molar-refractivity contribution in [3.05, 3.63) is 24.3 Å². The van der Waals surface area contributed by atoms with Crippen LogP contribution in [0.5, 0.6) is 0 Å². The van der Waals surface area contributed by atoms with E-state index in [1.54, 1.807) is 12.2 Å². The van der Waals surface area contributed by atoms with Crippen LogP contribution in [0.1, 0.15) is 46.0 Å². The first-order chi connectivity index (χ1) is 6.31. The van der Waals surface area contributed by atoms with Gasteiger partial charge < -0.3 is 0 Å². The first-order valence-corrected chi connectivity index (χ1v) is 5.18. The second-order valence-electron chi connectivity index (χ2n) is 3.11. The van der Waals surface area contributed by atoms with Gasteiger partial charge in [-0.1, -0.05) is 38.8 Å². The molecule has 74 valence electrons. The maximum Gasteiger partial charge on any atom is 0.177 e. The summed E-state index contributed by atoms with van der Waals surface area (Å²) in [6.07, 6.45) is 12.8. The number of carbonyl (C=O) groups excluding carboxylic acids is 1. The molecule has 0 aliphatic carbocycles. The van der Waals surface area contributed by atoms with Crippen LogP contribution >= 0.6 is 0 Å². The lowest BCUT2D eigenvalue weighted by Gasteiger charge is -1.90. The van der Waals surface area contributed by atoms with Crippen molar-refractivity contribution in [2.75, 3.05) is 0 Å². The number of carbonyl (C=O) groups is 1. The topological polar surface area (TPSA) is 17.1 Å². The Morgan fingerprint density at radius 1 is 1.08 bits per heavy atom. The second kappa shape index (κ2) is 9.24. The Kier molecular flexibility index (Phi) is 8.64. The first-order valence-electron chi connectivity index (χ1n) is 5.18. The minimum absolute atomic E-state index is 0.110. The molecular weight excluding hydrogens is 160 g/mol. The Morgan fingerprint density at radius 2 is 1.77 bits per heavy atom. The quantitative estimate of drug-likeness (QED) is 0.431. The van der Waals surface area contributed by atoms with Gasteiger partial charge in [0, 0.05) is 0 Å². The van der Waals surface area contributed by atoms with Gasteiger partial charge in [0.05, 0.1) is 0 Å². The van der Waals surface area contributed by atoms with Crippen molar-refractivity contribution >= 4 is 5.78 Å². The molecule has 0 saturated carbocycles. The van der Waals surface area contributed by atoms with E-state index >= 15 is 0 Å². The molecule has 0 aliphatic heterocycles. The summed E-state index contributed by atoms with van der Waals surface area (Å²) in [5.74, 6) is 0.110. The Bertz CT molecular complexity index is 178. The highest BCUT2D eigenvalue weighted by Crippen LogP contribution is 1.99. The van der Waals surface area contributed by atoms with Gasteiger partial charge in [-0.15, -0.1) is 0 Å². The van der Waals surface area contributed by atoms with E-state index in [2.05, 4.69) is 6.92 Å². The maximum atomic E-state index is 11.1. The van der Waals surface area contributed by atoms with Gasteiger partial charge in [0.1, 0.15) is 0 Å². The third-order valence-electron chi connectivity index (χ3n) is 1.77. The molecule has 13 heavy (non-hydrogen) atoms. The molecule has 0 amide bonds. The smallest absolute Gasteiger partial charge is 0.177 e. The monoisotopic (exact) mass is 180 g/mol. The van der Waals surface area contributed by atoms with Crippen LogP contribution in [0.4, 0.5) is 0 Å². The van der Waals surface area contributed by atoms with Crippen molar-refractivity contribution < 1.29 is 4.79 Å². The van der Waals surface area contributed by atoms with Crippen LogP contribution < -0.4 is 0 Å². The van der Waals surface area contributed by atoms with E-state index in [1.165, 1.54) is 19.3 Å². The Morgan fingerprint density at radius 3 is 2.38 bits per heavy atom. The van der Waals surface area contributed by atoms with Gasteiger partial charge in [-0.25, -0.2) is 0 Å². The third-order valence-corrected chi connectivity index (χ3v) is 1.77. The zero-order valence-corrected chi connectivity index (χ0v) is 8.75. The lowest BCUT2D eigenvalue weighted by atomic mass is 10.2. The molecule has 0 radical (unpaired) electrons. The van der Waals surface area contributed by atoms with Gasteiger partial charge in [0.25, 0.3) is 0 Å².